The number of aryl methyl sites for hydroxylation is 1. The fraction of sp³-hybridized carbons (Fsp3) is 0.118. The van der Waals surface area contributed by atoms with Crippen LogP contribution in [0.1, 0.15) is 15.9 Å². The minimum absolute atomic E-state index is 0.244. The van der Waals surface area contributed by atoms with E-state index in [0.29, 0.717) is 27.4 Å². The second kappa shape index (κ2) is 6.84. The molecule has 0 aliphatic rings. The molecule has 2 aromatic carbocycles. The number of rotatable bonds is 4. The Bertz CT molecular complexity index is 879. The molecule has 3 rings (SSSR count). The van der Waals surface area contributed by atoms with Gasteiger partial charge in [0.1, 0.15) is 5.75 Å². The topological polar surface area (TPSA) is 77.2 Å². The van der Waals surface area contributed by atoms with Crippen molar-refractivity contribution in [3.63, 3.8) is 0 Å². The van der Waals surface area contributed by atoms with Crippen molar-refractivity contribution in [3.05, 3.63) is 58.4 Å². The van der Waals surface area contributed by atoms with Gasteiger partial charge in [0.25, 0.3) is 5.91 Å². The van der Waals surface area contributed by atoms with Crippen molar-refractivity contribution in [2.24, 2.45) is 0 Å². The molecule has 7 heteroatoms. The van der Waals surface area contributed by atoms with Crippen LogP contribution in [0.5, 0.6) is 5.75 Å². The second-order valence-electron chi connectivity index (χ2n) is 5.07. The van der Waals surface area contributed by atoms with Crippen LogP contribution in [0, 0.1) is 6.92 Å². The molecule has 0 fully saturated rings. The molecule has 3 aromatic rings. The van der Waals surface area contributed by atoms with Crippen LogP contribution in [0.4, 0.5) is 5.69 Å². The SMILES string of the molecule is COc1ccc(Br)c(C(=O)Nc2cc(-c3nnco3)ccc2C)c1. The van der Waals surface area contributed by atoms with E-state index < -0.39 is 0 Å². The van der Waals surface area contributed by atoms with Crippen molar-refractivity contribution in [2.45, 2.75) is 6.92 Å². The van der Waals surface area contributed by atoms with E-state index in [0.717, 1.165) is 11.1 Å². The Hall–Kier alpha value is -2.67. The third kappa shape index (κ3) is 3.30. The summed E-state index contributed by atoms with van der Waals surface area (Å²) < 4.78 is 11.1. The number of carbonyl (C=O) groups excluding carboxylic acids is 1. The maximum atomic E-state index is 12.6. The van der Waals surface area contributed by atoms with Gasteiger partial charge in [-0.05, 0) is 58.7 Å². The number of nitrogens with one attached hydrogen (secondary N) is 1. The van der Waals surface area contributed by atoms with E-state index in [4.69, 9.17) is 9.15 Å². The summed E-state index contributed by atoms with van der Waals surface area (Å²) in [6.07, 6.45) is 1.26. The summed E-state index contributed by atoms with van der Waals surface area (Å²) in [7, 11) is 1.56. The molecule has 0 saturated carbocycles. The molecule has 0 unspecified atom stereocenters. The van der Waals surface area contributed by atoms with Crippen LogP contribution in [0.3, 0.4) is 0 Å². The summed E-state index contributed by atoms with van der Waals surface area (Å²) in [5, 5.41) is 10.5. The van der Waals surface area contributed by atoms with Gasteiger partial charge in [-0.2, -0.15) is 0 Å². The maximum Gasteiger partial charge on any atom is 0.256 e. The molecule has 1 amide bonds. The quantitative estimate of drug-likeness (QED) is 0.729. The fourth-order valence-corrected chi connectivity index (χ4v) is 2.61. The summed E-state index contributed by atoms with van der Waals surface area (Å²) in [6.45, 7) is 1.91. The summed E-state index contributed by atoms with van der Waals surface area (Å²) >= 11 is 3.39. The normalized spacial score (nSPS) is 10.5. The van der Waals surface area contributed by atoms with Crippen LogP contribution in [-0.4, -0.2) is 23.2 Å². The number of hydrogen-bond acceptors (Lipinski definition) is 5. The highest BCUT2D eigenvalue weighted by molar-refractivity contribution is 9.10. The van der Waals surface area contributed by atoms with E-state index in [-0.39, 0.29) is 5.91 Å². The number of aromatic nitrogens is 2. The largest absolute Gasteiger partial charge is 0.497 e. The van der Waals surface area contributed by atoms with Gasteiger partial charge in [-0.1, -0.05) is 6.07 Å². The molecular weight excluding hydrogens is 374 g/mol. The summed E-state index contributed by atoms with van der Waals surface area (Å²) in [6, 6.07) is 10.8. The maximum absolute atomic E-state index is 12.6. The van der Waals surface area contributed by atoms with Gasteiger partial charge in [-0.3, -0.25) is 4.79 Å². The summed E-state index contributed by atoms with van der Waals surface area (Å²) in [5.41, 5.74) is 2.81. The molecule has 0 atom stereocenters. The van der Waals surface area contributed by atoms with Crippen molar-refractivity contribution in [3.8, 4) is 17.2 Å². The summed E-state index contributed by atoms with van der Waals surface area (Å²) in [4.78, 5) is 12.6. The van der Waals surface area contributed by atoms with E-state index in [1.165, 1.54) is 6.39 Å². The predicted octanol–water partition coefficient (Wildman–Crippen LogP) is 4.07. The Balaban J connectivity index is 1.91. The Morgan fingerprint density at radius 1 is 1.25 bits per heavy atom. The molecule has 1 N–H and O–H groups in total. The zero-order valence-corrected chi connectivity index (χ0v) is 14.6. The summed E-state index contributed by atoms with van der Waals surface area (Å²) in [5.74, 6) is 0.763. The third-order valence-electron chi connectivity index (χ3n) is 3.51. The van der Waals surface area contributed by atoms with Gasteiger partial charge in [0.15, 0.2) is 0 Å². The number of nitrogens with zero attached hydrogens (tertiary/aromatic N) is 2. The van der Waals surface area contributed by atoms with E-state index >= 15 is 0 Å². The van der Waals surface area contributed by atoms with E-state index in [1.807, 2.05) is 19.1 Å². The number of carbonyl (C=O) groups is 1. The molecule has 24 heavy (non-hydrogen) atoms. The lowest BCUT2D eigenvalue weighted by Gasteiger charge is -2.11. The minimum Gasteiger partial charge on any atom is -0.497 e. The molecule has 0 saturated heterocycles. The molecule has 1 heterocycles. The van der Waals surface area contributed by atoms with E-state index in [1.54, 1.807) is 31.4 Å². The minimum atomic E-state index is -0.244. The average molecular weight is 388 g/mol. The third-order valence-corrected chi connectivity index (χ3v) is 4.20. The molecular formula is C17H14BrN3O3. The molecule has 0 aliphatic heterocycles. The van der Waals surface area contributed by atoms with Crippen LogP contribution in [-0.2, 0) is 0 Å². The van der Waals surface area contributed by atoms with Gasteiger partial charge in [-0.25, -0.2) is 0 Å². The highest BCUT2D eigenvalue weighted by Crippen LogP contribution is 2.27. The van der Waals surface area contributed by atoms with Crippen molar-refractivity contribution >= 4 is 27.5 Å². The van der Waals surface area contributed by atoms with Crippen LogP contribution in [0.2, 0.25) is 0 Å². The molecule has 1 aromatic heterocycles. The average Bonchev–Trinajstić information content (AvgIpc) is 3.11. The molecule has 0 radical (unpaired) electrons. The van der Waals surface area contributed by atoms with Crippen molar-refractivity contribution in [1.82, 2.24) is 10.2 Å². The number of methoxy groups -OCH3 is 1. The lowest BCUT2D eigenvalue weighted by Crippen LogP contribution is -2.13. The smallest absolute Gasteiger partial charge is 0.256 e. The first-order valence-electron chi connectivity index (χ1n) is 7.10. The zero-order valence-electron chi connectivity index (χ0n) is 13.0. The van der Waals surface area contributed by atoms with Gasteiger partial charge in [0.2, 0.25) is 12.3 Å². The Morgan fingerprint density at radius 2 is 2.08 bits per heavy atom. The molecule has 0 bridgehead atoms. The van der Waals surface area contributed by atoms with Crippen LogP contribution < -0.4 is 10.1 Å². The molecule has 0 spiro atoms. The number of ether oxygens (including phenoxy) is 1. The zero-order chi connectivity index (χ0) is 17.1. The van der Waals surface area contributed by atoms with Gasteiger partial charge in [-0.15, -0.1) is 10.2 Å². The number of amides is 1. The Morgan fingerprint density at radius 3 is 2.79 bits per heavy atom. The monoisotopic (exact) mass is 387 g/mol. The second-order valence-corrected chi connectivity index (χ2v) is 5.93. The lowest BCUT2D eigenvalue weighted by atomic mass is 10.1. The number of anilines is 1. The first kappa shape index (κ1) is 16.2. The lowest BCUT2D eigenvalue weighted by molar-refractivity contribution is 0.102. The molecule has 122 valence electrons. The van der Waals surface area contributed by atoms with E-state index in [9.17, 15) is 4.79 Å². The highest BCUT2D eigenvalue weighted by atomic mass is 79.9. The molecule has 0 aliphatic carbocycles. The first-order valence-corrected chi connectivity index (χ1v) is 7.90. The predicted molar refractivity (Wildman–Crippen MR) is 93.1 cm³/mol. The number of halogens is 1. The van der Waals surface area contributed by atoms with Crippen LogP contribution in [0.15, 0.2) is 51.7 Å². The Kier molecular flexibility index (Phi) is 4.61. The van der Waals surface area contributed by atoms with Crippen molar-refractivity contribution in [2.75, 3.05) is 12.4 Å². The fourth-order valence-electron chi connectivity index (χ4n) is 2.18. The van der Waals surface area contributed by atoms with E-state index in [2.05, 4.69) is 31.4 Å². The standard InChI is InChI=1S/C17H14BrN3O3/c1-10-3-4-11(17-21-19-9-24-17)7-15(10)20-16(22)13-8-12(23-2)5-6-14(13)18/h3-9H,1-2H3,(H,20,22). The highest BCUT2D eigenvalue weighted by Gasteiger charge is 2.14. The van der Waals surface area contributed by atoms with Crippen molar-refractivity contribution < 1.29 is 13.9 Å². The van der Waals surface area contributed by atoms with Gasteiger partial charge in [0, 0.05) is 15.7 Å². The number of hydrogen-bond donors (Lipinski definition) is 1. The van der Waals surface area contributed by atoms with Gasteiger partial charge in [0.05, 0.1) is 12.7 Å². The number of benzene rings is 2. The molecule has 6 nitrogen and oxygen atoms in total. The van der Waals surface area contributed by atoms with Gasteiger partial charge < -0.3 is 14.5 Å². The Labute approximate surface area is 147 Å². The van der Waals surface area contributed by atoms with Gasteiger partial charge >= 0.3 is 0 Å². The van der Waals surface area contributed by atoms with Crippen LogP contribution >= 0.6 is 15.9 Å². The van der Waals surface area contributed by atoms with Crippen molar-refractivity contribution in [1.29, 1.82) is 0 Å². The first-order chi connectivity index (χ1) is 11.6. The van der Waals surface area contributed by atoms with Crippen LogP contribution in [0.25, 0.3) is 11.5 Å².